The minimum atomic E-state index is -0.864. The molecule has 1 heterocycles. The number of aromatic nitrogens is 2. The number of methoxy groups -OCH3 is 1. The zero-order valence-electron chi connectivity index (χ0n) is 11.2. The molecule has 0 saturated carbocycles. The number of aryl methyl sites for hydroxylation is 1. The highest BCUT2D eigenvalue weighted by molar-refractivity contribution is 7.11. The summed E-state index contributed by atoms with van der Waals surface area (Å²) in [6.07, 6.45) is 0. The largest absolute Gasteiger partial charge is 0.383 e. The van der Waals surface area contributed by atoms with Crippen molar-refractivity contribution in [1.29, 1.82) is 0 Å². The highest BCUT2D eigenvalue weighted by atomic mass is 32.1. The molecule has 0 bridgehead atoms. The first-order chi connectivity index (χ1) is 9.60. The maximum atomic E-state index is 13.3. The monoisotopic (exact) mass is 299 g/mol. The predicted molar refractivity (Wildman–Crippen MR) is 72.5 cm³/mol. The number of nitrogens with one attached hydrogen (secondary N) is 1. The van der Waals surface area contributed by atoms with E-state index in [0.29, 0.717) is 18.7 Å². The van der Waals surface area contributed by atoms with E-state index in [1.807, 2.05) is 6.92 Å². The lowest BCUT2D eigenvalue weighted by atomic mass is 10.1. The Morgan fingerprint density at radius 2 is 2.10 bits per heavy atom. The van der Waals surface area contributed by atoms with Gasteiger partial charge in [-0.15, -0.1) is 21.5 Å². The van der Waals surface area contributed by atoms with E-state index in [4.69, 9.17) is 4.74 Å². The Hall–Kier alpha value is -1.44. The molecule has 1 aromatic carbocycles. The molecule has 20 heavy (non-hydrogen) atoms. The lowest BCUT2D eigenvalue weighted by Crippen LogP contribution is -2.25. The Balaban J connectivity index is 2.07. The van der Waals surface area contributed by atoms with Crippen LogP contribution in [0.2, 0.25) is 0 Å². The van der Waals surface area contributed by atoms with Gasteiger partial charge in [-0.1, -0.05) is 6.07 Å². The first kappa shape index (κ1) is 15.0. The second-order valence-electron chi connectivity index (χ2n) is 4.28. The molecule has 7 heteroatoms. The lowest BCUT2D eigenvalue weighted by molar-refractivity contribution is 0.166. The van der Waals surface area contributed by atoms with Crippen molar-refractivity contribution in [3.63, 3.8) is 0 Å². The molecular formula is C13H15F2N3OS. The van der Waals surface area contributed by atoms with Crippen LogP contribution in [0.15, 0.2) is 18.2 Å². The number of ether oxygens (including phenoxy) is 1. The van der Waals surface area contributed by atoms with Gasteiger partial charge in [0.05, 0.1) is 19.2 Å². The molecule has 1 atom stereocenters. The van der Waals surface area contributed by atoms with Gasteiger partial charge in [-0.2, -0.15) is 0 Å². The Bertz CT molecular complexity index is 576. The van der Waals surface area contributed by atoms with Gasteiger partial charge in [-0.25, -0.2) is 8.78 Å². The fourth-order valence-corrected chi connectivity index (χ4v) is 2.45. The van der Waals surface area contributed by atoms with Crippen LogP contribution in [0.25, 0.3) is 0 Å². The molecular weight excluding hydrogens is 284 g/mol. The van der Waals surface area contributed by atoms with Crippen LogP contribution in [-0.2, 0) is 11.3 Å². The van der Waals surface area contributed by atoms with Gasteiger partial charge in [0.1, 0.15) is 10.0 Å². The summed E-state index contributed by atoms with van der Waals surface area (Å²) in [5, 5.41) is 12.9. The van der Waals surface area contributed by atoms with Crippen molar-refractivity contribution >= 4 is 11.3 Å². The molecule has 4 nitrogen and oxygen atoms in total. The number of hydrogen-bond acceptors (Lipinski definition) is 5. The molecule has 0 aliphatic heterocycles. The van der Waals surface area contributed by atoms with Gasteiger partial charge in [0.25, 0.3) is 0 Å². The summed E-state index contributed by atoms with van der Waals surface area (Å²) in [6, 6.07) is 3.60. The zero-order valence-corrected chi connectivity index (χ0v) is 12.0. The maximum Gasteiger partial charge on any atom is 0.159 e. The van der Waals surface area contributed by atoms with Crippen LogP contribution in [0.1, 0.15) is 21.6 Å². The van der Waals surface area contributed by atoms with E-state index in [1.54, 1.807) is 13.2 Å². The molecule has 0 aliphatic carbocycles. The molecule has 0 fully saturated rings. The summed E-state index contributed by atoms with van der Waals surface area (Å²) in [5.74, 6) is -1.72. The summed E-state index contributed by atoms with van der Waals surface area (Å²) < 4.78 is 31.4. The number of halogens is 2. The fraction of sp³-hybridized carbons (Fsp3) is 0.385. The van der Waals surface area contributed by atoms with Crippen molar-refractivity contribution in [2.24, 2.45) is 0 Å². The molecule has 0 radical (unpaired) electrons. The minimum Gasteiger partial charge on any atom is -0.383 e. The summed E-state index contributed by atoms with van der Waals surface area (Å²) >= 11 is 1.49. The Morgan fingerprint density at radius 1 is 1.30 bits per heavy atom. The van der Waals surface area contributed by atoms with Crippen LogP contribution in [0.5, 0.6) is 0 Å². The molecule has 2 rings (SSSR count). The van der Waals surface area contributed by atoms with Gasteiger partial charge in [-0.3, -0.25) is 0 Å². The topological polar surface area (TPSA) is 47.0 Å². The number of benzene rings is 1. The first-order valence-corrected chi connectivity index (χ1v) is 6.88. The van der Waals surface area contributed by atoms with Crippen molar-refractivity contribution in [3.05, 3.63) is 45.4 Å². The standard InChI is InChI=1S/C13H15F2N3OS/c1-8-17-18-13(20-8)6-16-12(7-19-2)9-3-4-10(14)11(15)5-9/h3-5,12,16H,6-7H2,1-2H3/t12-/m1/s1. The number of hydrogen-bond donors (Lipinski definition) is 1. The Morgan fingerprint density at radius 3 is 2.70 bits per heavy atom. The molecule has 0 aliphatic rings. The quantitative estimate of drug-likeness (QED) is 0.890. The second-order valence-corrected chi connectivity index (χ2v) is 5.54. The van der Waals surface area contributed by atoms with E-state index in [9.17, 15) is 8.78 Å². The van der Waals surface area contributed by atoms with E-state index < -0.39 is 11.6 Å². The molecule has 0 amide bonds. The lowest BCUT2D eigenvalue weighted by Gasteiger charge is -2.17. The Kier molecular flexibility index (Phi) is 5.11. The molecule has 108 valence electrons. The van der Waals surface area contributed by atoms with Crippen LogP contribution in [0.4, 0.5) is 8.78 Å². The normalized spacial score (nSPS) is 12.6. The van der Waals surface area contributed by atoms with Gasteiger partial charge < -0.3 is 10.1 Å². The highest BCUT2D eigenvalue weighted by Crippen LogP contribution is 2.18. The highest BCUT2D eigenvalue weighted by Gasteiger charge is 2.14. The third-order valence-electron chi connectivity index (χ3n) is 2.75. The van der Waals surface area contributed by atoms with E-state index in [0.717, 1.165) is 16.1 Å². The van der Waals surface area contributed by atoms with Crippen molar-refractivity contribution in [2.45, 2.75) is 19.5 Å². The summed E-state index contributed by atoms with van der Waals surface area (Å²) in [4.78, 5) is 0. The minimum absolute atomic E-state index is 0.237. The van der Waals surface area contributed by atoms with Crippen LogP contribution in [0.3, 0.4) is 0 Å². The summed E-state index contributed by atoms with van der Waals surface area (Å²) in [5.41, 5.74) is 0.631. The second kappa shape index (κ2) is 6.83. The average Bonchev–Trinajstić information content (AvgIpc) is 2.84. The zero-order chi connectivity index (χ0) is 14.5. The van der Waals surface area contributed by atoms with Crippen molar-refractivity contribution in [3.8, 4) is 0 Å². The van der Waals surface area contributed by atoms with Crippen LogP contribution in [0, 0.1) is 18.6 Å². The van der Waals surface area contributed by atoms with Gasteiger partial charge in [0.15, 0.2) is 11.6 Å². The van der Waals surface area contributed by atoms with Gasteiger partial charge in [-0.05, 0) is 24.6 Å². The summed E-state index contributed by atoms with van der Waals surface area (Å²) in [7, 11) is 1.56. The molecule has 1 N–H and O–H groups in total. The van der Waals surface area contributed by atoms with Gasteiger partial charge >= 0.3 is 0 Å². The summed E-state index contributed by atoms with van der Waals surface area (Å²) in [6.45, 7) is 2.73. The fourth-order valence-electron chi connectivity index (χ4n) is 1.79. The molecule has 2 aromatic rings. The number of rotatable bonds is 6. The Labute approximate surface area is 119 Å². The van der Waals surface area contributed by atoms with Crippen molar-refractivity contribution in [1.82, 2.24) is 15.5 Å². The van der Waals surface area contributed by atoms with E-state index in [2.05, 4.69) is 15.5 Å². The molecule has 0 saturated heterocycles. The van der Waals surface area contributed by atoms with Crippen LogP contribution >= 0.6 is 11.3 Å². The third kappa shape index (κ3) is 3.78. The third-order valence-corrected chi connectivity index (χ3v) is 3.59. The van der Waals surface area contributed by atoms with E-state index in [1.165, 1.54) is 17.4 Å². The number of nitrogens with zero attached hydrogens (tertiary/aromatic N) is 2. The smallest absolute Gasteiger partial charge is 0.159 e. The van der Waals surface area contributed by atoms with Crippen LogP contribution in [-0.4, -0.2) is 23.9 Å². The molecule has 1 aromatic heterocycles. The van der Waals surface area contributed by atoms with E-state index >= 15 is 0 Å². The SMILES string of the molecule is COC[C@@H](NCc1nnc(C)s1)c1ccc(F)c(F)c1. The molecule has 0 unspecified atom stereocenters. The van der Waals surface area contributed by atoms with Crippen molar-refractivity contribution < 1.29 is 13.5 Å². The maximum absolute atomic E-state index is 13.3. The first-order valence-electron chi connectivity index (χ1n) is 6.06. The van der Waals surface area contributed by atoms with Gasteiger partial charge in [0.2, 0.25) is 0 Å². The molecule has 0 spiro atoms. The van der Waals surface area contributed by atoms with Crippen molar-refractivity contribution in [2.75, 3.05) is 13.7 Å². The van der Waals surface area contributed by atoms with Gasteiger partial charge in [0, 0.05) is 7.11 Å². The average molecular weight is 299 g/mol. The van der Waals surface area contributed by atoms with Crippen LogP contribution < -0.4 is 5.32 Å². The van der Waals surface area contributed by atoms with E-state index in [-0.39, 0.29) is 6.04 Å². The predicted octanol–water partition coefficient (Wildman–Crippen LogP) is 2.60.